The van der Waals surface area contributed by atoms with Gasteiger partial charge in [0.1, 0.15) is 0 Å². The van der Waals surface area contributed by atoms with E-state index in [4.69, 9.17) is 0 Å². The number of aliphatic imine (C=N–C) groups is 1. The topological polar surface area (TPSA) is 29.4 Å². The molecule has 0 fully saturated rings. The second-order valence-corrected chi connectivity index (χ2v) is 4.44. The van der Waals surface area contributed by atoms with Crippen molar-refractivity contribution in [2.75, 3.05) is 0 Å². The van der Waals surface area contributed by atoms with Crippen LogP contribution in [0.15, 0.2) is 34.6 Å². The van der Waals surface area contributed by atoms with Gasteiger partial charge in [0.2, 0.25) is 6.08 Å². The number of rotatable bonds is 3. The number of fused-ring (bicyclic) bond motifs is 1. The third-order valence-electron chi connectivity index (χ3n) is 2.35. The summed E-state index contributed by atoms with van der Waals surface area (Å²) in [6, 6.07) is 8.30. The lowest BCUT2D eigenvalue weighted by molar-refractivity contribution is 0.558. The molecule has 1 heterocycles. The molecule has 1 aromatic heterocycles. The largest absolute Gasteiger partial charge is 0.235 e. The van der Waals surface area contributed by atoms with E-state index in [-0.39, 0.29) is 6.04 Å². The Bertz CT molecular complexity index is 511. The maximum Gasteiger partial charge on any atom is 0.235 e. The Hall–Kier alpha value is -1.44. The molecule has 1 aromatic carbocycles. The smallest absolute Gasteiger partial charge is 0.211 e. The molecule has 1 unspecified atom stereocenters. The van der Waals surface area contributed by atoms with Crippen molar-refractivity contribution in [2.24, 2.45) is 4.99 Å². The van der Waals surface area contributed by atoms with Gasteiger partial charge in [0.25, 0.3) is 0 Å². The molecule has 0 spiro atoms. The first kappa shape index (κ1) is 10.1. The van der Waals surface area contributed by atoms with E-state index >= 15 is 0 Å². The Morgan fingerprint density at radius 3 is 3.07 bits per heavy atom. The van der Waals surface area contributed by atoms with Gasteiger partial charge in [-0.1, -0.05) is 18.2 Å². The molecule has 2 aromatic rings. The summed E-state index contributed by atoms with van der Waals surface area (Å²) >= 11 is 1.73. The van der Waals surface area contributed by atoms with Crippen LogP contribution in [0, 0.1) is 0 Å². The zero-order valence-corrected chi connectivity index (χ0v) is 9.25. The number of nitrogens with zero attached hydrogens (tertiary/aromatic N) is 1. The van der Waals surface area contributed by atoms with Crippen LogP contribution in [0.2, 0.25) is 0 Å². The van der Waals surface area contributed by atoms with Crippen molar-refractivity contribution in [1.29, 1.82) is 0 Å². The molecule has 76 valence electrons. The highest BCUT2D eigenvalue weighted by molar-refractivity contribution is 7.17. The Kier molecular flexibility index (Phi) is 2.95. The Balaban J connectivity index is 2.32. The van der Waals surface area contributed by atoms with Gasteiger partial charge in [0.15, 0.2) is 0 Å². The van der Waals surface area contributed by atoms with Crippen LogP contribution in [0.4, 0.5) is 0 Å². The first-order chi connectivity index (χ1) is 7.31. The Labute approximate surface area is 92.3 Å². The van der Waals surface area contributed by atoms with Crippen LogP contribution in [0.1, 0.15) is 12.5 Å². The molecule has 2 rings (SSSR count). The Morgan fingerprint density at radius 2 is 2.27 bits per heavy atom. The fourth-order valence-electron chi connectivity index (χ4n) is 1.64. The van der Waals surface area contributed by atoms with Crippen LogP contribution in [0.5, 0.6) is 0 Å². The molecule has 2 nitrogen and oxygen atoms in total. The summed E-state index contributed by atoms with van der Waals surface area (Å²) < 4.78 is 1.29. The van der Waals surface area contributed by atoms with Crippen LogP contribution in [0.25, 0.3) is 10.1 Å². The van der Waals surface area contributed by atoms with E-state index in [2.05, 4.69) is 22.5 Å². The molecule has 0 radical (unpaired) electrons. The molecule has 1 atom stereocenters. The molecule has 0 aliphatic carbocycles. The minimum atomic E-state index is 0.0144. The number of thiophene rings is 1. The number of benzene rings is 1. The summed E-state index contributed by atoms with van der Waals surface area (Å²) in [5.41, 5.74) is 1.27. The lowest BCUT2D eigenvalue weighted by Crippen LogP contribution is -2.01. The summed E-state index contributed by atoms with van der Waals surface area (Å²) in [4.78, 5) is 13.8. The molecule has 0 saturated carbocycles. The SMILES string of the molecule is CC(Cc1csc2ccccc12)N=C=O. The molecule has 0 amide bonds. The van der Waals surface area contributed by atoms with Gasteiger partial charge in [-0.25, -0.2) is 9.79 Å². The van der Waals surface area contributed by atoms with E-state index in [0.29, 0.717) is 0 Å². The second kappa shape index (κ2) is 4.39. The first-order valence-corrected chi connectivity index (χ1v) is 5.71. The zero-order chi connectivity index (χ0) is 10.7. The summed E-state index contributed by atoms with van der Waals surface area (Å²) in [6.45, 7) is 1.93. The van der Waals surface area contributed by atoms with Crippen molar-refractivity contribution < 1.29 is 4.79 Å². The Morgan fingerprint density at radius 1 is 1.47 bits per heavy atom. The highest BCUT2D eigenvalue weighted by Gasteiger charge is 2.06. The van der Waals surface area contributed by atoms with E-state index in [0.717, 1.165) is 6.42 Å². The number of hydrogen-bond donors (Lipinski definition) is 0. The quantitative estimate of drug-likeness (QED) is 0.573. The van der Waals surface area contributed by atoms with Crippen molar-refractivity contribution in [1.82, 2.24) is 0 Å². The zero-order valence-electron chi connectivity index (χ0n) is 8.43. The van der Waals surface area contributed by atoms with Crippen molar-refractivity contribution in [3.05, 3.63) is 35.2 Å². The van der Waals surface area contributed by atoms with Gasteiger partial charge in [-0.05, 0) is 35.7 Å². The summed E-state index contributed by atoms with van der Waals surface area (Å²) in [6.07, 6.45) is 2.41. The molecular formula is C12H11NOS. The van der Waals surface area contributed by atoms with Crippen molar-refractivity contribution in [3.8, 4) is 0 Å². The van der Waals surface area contributed by atoms with Gasteiger partial charge in [-0.2, -0.15) is 0 Å². The predicted octanol–water partition coefficient (Wildman–Crippen LogP) is 3.17. The minimum absolute atomic E-state index is 0.0144. The average Bonchev–Trinajstić information content (AvgIpc) is 2.62. The van der Waals surface area contributed by atoms with Gasteiger partial charge in [-0.15, -0.1) is 11.3 Å². The molecule has 0 aliphatic heterocycles. The van der Waals surface area contributed by atoms with Crippen molar-refractivity contribution in [2.45, 2.75) is 19.4 Å². The van der Waals surface area contributed by atoms with Gasteiger partial charge in [0.05, 0.1) is 6.04 Å². The van der Waals surface area contributed by atoms with E-state index in [1.807, 2.05) is 19.1 Å². The van der Waals surface area contributed by atoms with Gasteiger partial charge in [-0.3, -0.25) is 0 Å². The van der Waals surface area contributed by atoms with Crippen molar-refractivity contribution >= 4 is 27.5 Å². The number of isocyanates is 1. The summed E-state index contributed by atoms with van der Waals surface area (Å²) in [7, 11) is 0. The average molecular weight is 217 g/mol. The van der Waals surface area contributed by atoms with Gasteiger partial charge in [0, 0.05) is 4.70 Å². The van der Waals surface area contributed by atoms with E-state index in [1.54, 1.807) is 17.4 Å². The third kappa shape index (κ3) is 2.14. The normalized spacial score (nSPS) is 12.3. The van der Waals surface area contributed by atoms with Gasteiger partial charge < -0.3 is 0 Å². The minimum Gasteiger partial charge on any atom is -0.211 e. The standard InChI is InChI=1S/C12H11NOS/c1-9(13-8-14)6-10-7-15-12-5-3-2-4-11(10)12/h2-5,7,9H,6H2,1H3. The van der Waals surface area contributed by atoms with Crippen LogP contribution in [0.3, 0.4) is 0 Å². The molecule has 0 N–H and O–H groups in total. The van der Waals surface area contributed by atoms with Crippen LogP contribution in [-0.2, 0) is 11.2 Å². The molecule has 0 saturated heterocycles. The lowest BCUT2D eigenvalue weighted by Gasteiger charge is -2.02. The summed E-state index contributed by atoms with van der Waals surface area (Å²) in [5.74, 6) is 0. The van der Waals surface area contributed by atoms with E-state index < -0.39 is 0 Å². The lowest BCUT2D eigenvalue weighted by atomic mass is 10.1. The fraction of sp³-hybridized carbons (Fsp3) is 0.250. The molecule has 0 bridgehead atoms. The molecule has 0 aliphatic rings. The fourth-order valence-corrected chi connectivity index (χ4v) is 2.62. The monoisotopic (exact) mass is 217 g/mol. The molecule has 15 heavy (non-hydrogen) atoms. The third-order valence-corrected chi connectivity index (χ3v) is 3.36. The van der Waals surface area contributed by atoms with Crippen LogP contribution in [-0.4, -0.2) is 12.1 Å². The summed E-state index contributed by atoms with van der Waals surface area (Å²) in [5, 5.41) is 3.41. The van der Waals surface area contributed by atoms with Gasteiger partial charge >= 0.3 is 0 Å². The second-order valence-electron chi connectivity index (χ2n) is 3.53. The number of hydrogen-bond acceptors (Lipinski definition) is 3. The predicted molar refractivity (Wildman–Crippen MR) is 63.1 cm³/mol. The first-order valence-electron chi connectivity index (χ1n) is 4.83. The molecule has 3 heteroatoms. The van der Waals surface area contributed by atoms with Crippen LogP contribution >= 0.6 is 11.3 Å². The van der Waals surface area contributed by atoms with Crippen LogP contribution < -0.4 is 0 Å². The van der Waals surface area contributed by atoms with E-state index in [1.165, 1.54) is 15.6 Å². The molecular weight excluding hydrogens is 206 g/mol. The number of carbonyl (C=O) groups excluding carboxylic acids is 1. The maximum absolute atomic E-state index is 10.1. The highest BCUT2D eigenvalue weighted by Crippen LogP contribution is 2.26. The highest BCUT2D eigenvalue weighted by atomic mass is 32.1. The van der Waals surface area contributed by atoms with Crippen molar-refractivity contribution in [3.63, 3.8) is 0 Å². The van der Waals surface area contributed by atoms with E-state index in [9.17, 15) is 4.79 Å². The maximum atomic E-state index is 10.1.